The van der Waals surface area contributed by atoms with E-state index in [0.717, 1.165) is 5.01 Å². The van der Waals surface area contributed by atoms with Crippen molar-refractivity contribution < 1.29 is 18.7 Å². The van der Waals surface area contributed by atoms with Gasteiger partial charge < -0.3 is 9.47 Å². The van der Waals surface area contributed by atoms with Crippen LogP contribution in [0.25, 0.3) is 0 Å². The predicted octanol–water partition coefficient (Wildman–Crippen LogP) is 4.25. The van der Waals surface area contributed by atoms with Crippen LogP contribution >= 0.6 is 11.3 Å². The van der Waals surface area contributed by atoms with Crippen LogP contribution in [0.5, 0.6) is 11.5 Å². The van der Waals surface area contributed by atoms with Crippen molar-refractivity contribution in [2.75, 3.05) is 7.11 Å². The van der Waals surface area contributed by atoms with E-state index in [0.29, 0.717) is 33.2 Å². The Bertz CT molecular complexity index is 1050. The highest BCUT2D eigenvalue weighted by Crippen LogP contribution is 2.28. The van der Waals surface area contributed by atoms with Gasteiger partial charge >= 0.3 is 0 Å². The molecule has 0 saturated carbocycles. The zero-order valence-electron chi connectivity index (χ0n) is 16.2. The first-order valence-corrected chi connectivity index (χ1v) is 9.61. The van der Waals surface area contributed by atoms with Crippen LogP contribution in [0.2, 0.25) is 0 Å². The van der Waals surface area contributed by atoms with Gasteiger partial charge in [-0.05, 0) is 43.7 Å². The summed E-state index contributed by atoms with van der Waals surface area (Å²) in [6.45, 7) is 3.72. The highest BCUT2D eigenvalue weighted by Gasteiger charge is 2.13. The minimum atomic E-state index is -0.322. The Labute approximate surface area is 172 Å². The largest absolute Gasteiger partial charge is 0.493 e. The molecule has 0 unspecified atom stereocenters. The molecule has 3 aromatic rings. The van der Waals surface area contributed by atoms with Crippen molar-refractivity contribution in [1.82, 2.24) is 10.4 Å². The number of hydrogen-bond donors (Lipinski definition) is 1. The first-order valence-electron chi connectivity index (χ1n) is 8.79. The van der Waals surface area contributed by atoms with Crippen LogP contribution in [-0.2, 0) is 6.61 Å². The summed E-state index contributed by atoms with van der Waals surface area (Å²) in [5.41, 5.74) is 4.33. The fourth-order valence-corrected chi connectivity index (χ4v) is 3.42. The Morgan fingerprint density at radius 2 is 2.03 bits per heavy atom. The smallest absolute Gasteiger partial charge is 0.283 e. The van der Waals surface area contributed by atoms with Crippen LogP contribution in [0.15, 0.2) is 47.6 Å². The molecule has 1 amide bonds. The number of thiazole rings is 1. The molecule has 2 aromatic carbocycles. The molecule has 0 aliphatic carbocycles. The summed E-state index contributed by atoms with van der Waals surface area (Å²) < 4.78 is 24.8. The lowest BCUT2D eigenvalue weighted by atomic mass is 10.2. The van der Waals surface area contributed by atoms with E-state index in [1.54, 1.807) is 43.3 Å². The lowest BCUT2D eigenvalue weighted by Crippen LogP contribution is -2.17. The molecule has 8 heteroatoms. The van der Waals surface area contributed by atoms with Gasteiger partial charge in [-0.1, -0.05) is 18.2 Å². The molecule has 0 aliphatic heterocycles. The minimum absolute atomic E-state index is 0.0835. The van der Waals surface area contributed by atoms with Gasteiger partial charge in [-0.25, -0.2) is 14.8 Å². The van der Waals surface area contributed by atoms with E-state index in [1.165, 1.54) is 30.7 Å². The van der Waals surface area contributed by atoms with Crippen LogP contribution in [0.1, 0.15) is 31.5 Å². The van der Waals surface area contributed by atoms with Crippen molar-refractivity contribution in [2.24, 2.45) is 5.10 Å². The summed E-state index contributed by atoms with van der Waals surface area (Å²) >= 11 is 1.32. The number of carbonyl (C=O) groups excluding carboxylic acids is 1. The van der Waals surface area contributed by atoms with Gasteiger partial charge in [-0.2, -0.15) is 5.10 Å². The Hall–Kier alpha value is -3.26. The normalized spacial score (nSPS) is 10.9. The molecule has 0 bridgehead atoms. The van der Waals surface area contributed by atoms with Gasteiger partial charge in [0.25, 0.3) is 5.91 Å². The second kappa shape index (κ2) is 9.29. The van der Waals surface area contributed by atoms with Gasteiger partial charge in [0.2, 0.25) is 0 Å². The van der Waals surface area contributed by atoms with Crippen molar-refractivity contribution in [2.45, 2.75) is 20.5 Å². The van der Waals surface area contributed by atoms with E-state index >= 15 is 0 Å². The maximum Gasteiger partial charge on any atom is 0.283 e. The number of aryl methyl sites for hydroxylation is 2. The number of benzene rings is 2. The Kier molecular flexibility index (Phi) is 6.56. The van der Waals surface area contributed by atoms with Crippen LogP contribution in [0, 0.1) is 19.7 Å². The van der Waals surface area contributed by atoms with Crippen molar-refractivity contribution in [3.8, 4) is 11.5 Å². The second-order valence-electron chi connectivity index (χ2n) is 6.14. The van der Waals surface area contributed by atoms with Crippen molar-refractivity contribution >= 4 is 23.5 Å². The molecule has 1 aromatic heterocycles. The van der Waals surface area contributed by atoms with E-state index in [-0.39, 0.29) is 18.3 Å². The van der Waals surface area contributed by atoms with Crippen LogP contribution in [-0.4, -0.2) is 24.2 Å². The van der Waals surface area contributed by atoms with Gasteiger partial charge in [0.1, 0.15) is 17.3 Å². The van der Waals surface area contributed by atoms with Crippen molar-refractivity contribution in [3.05, 3.63) is 75.0 Å². The zero-order chi connectivity index (χ0) is 20.8. The molecule has 3 rings (SSSR count). The quantitative estimate of drug-likeness (QED) is 0.464. The number of amides is 1. The molecule has 0 atom stereocenters. The molecule has 0 radical (unpaired) electrons. The third kappa shape index (κ3) is 5.17. The maximum atomic E-state index is 13.7. The number of hydrogen-bond acceptors (Lipinski definition) is 6. The number of hydrazone groups is 1. The van der Waals surface area contributed by atoms with E-state index < -0.39 is 0 Å². The lowest BCUT2D eigenvalue weighted by molar-refractivity contribution is 0.0958. The third-order valence-corrected chi connectivity index (χ3v) is 5.09. The number of ether oxygens (including phenoxy) is 2. The number of halogens is 1. The second-order valence-corrected chi connectivity index (χ2v) is 7.34. The average molecular weight is 413 g/mol. The van der Waals surface area contributed by atoms with Crippen LogP contribution < -0.4 is 14.9 Å². The highest BCUT2D eigenvalue weighted by molar-refractivity contribution is 7.13. The van der Waals surface area contributed by atoms with Crippen LogP contribution in [0.4, 0.5) is 4.39 Å². The summed E-state index contributed by atoms with van der Waals surface area (Å²) in [4.78, 5) is 16.9. The number of aromatic nitrogens is 1. The molecule has 1 N–H and O–H groups in total. The molecular weight excluding hydrogens is 393 g/mol. The summed E-state index contributed by atoms with van der Waals surface area (Å²) in [5, 5.41) is 4.81. The fourth-order valence-electron chi connectivity index (χ4n) is 2.61. The standard InChI is InChI=1S/C21H20FN3O3S/c1-13-20(29-14(2)24-13)21(26)25-23-11-15-8-9-18(19(10-15)27-3)28-12-16-6-4-5-7-17(16)22/h4-11H,12H2,1-3H3,(H,25,26)/b23-11+. The molecule has 0 saturated heterocycles. The summed E-state index contributed by atoms with van der Waals surface area (Å²) in [7, 11) is 1.52. The molecule has 0 aliphatic rings. The molecule has 0 spiro atoms. The lowest BCUT2D eigenvalue weighted by Gasteiger charge is -2.11. The molecule has 6 nitrogen and oxygen atoms in total. The first-order chi connectivity index (χ1) is 14.0. The Morgan fingerprint density at radius 3 is 2.72 bits per heavy atom. The fraction of sp³-hybridized carbons (Fsp3) is 0.190. The maximum absolute atomic E-state index is 13.7. The number of carbonyl (C=O) groups is 1. The molecule has 29 heavy (non-hydrogen) atoms. The van der Waals surface area contributed by atoms with E-state index in [4.69, 9.17) is 9.47 Å². The average Bonchev–Trinajstić information content (AvgIpc) is 3.06. The van der Waals surface area contributed by atoms with Crippen LogP contribution in [0.3, 0.4) is 0 Å². The molecule has 150 valence electrons. The van der Waals surface area contributed by atoms with E-state index in [9.17, 15) is 9.18 Å². The van der Waals surface area contributed by atoms with Gasteiger partial charge in [-0.3, -0.25) is 4.79 Å². The van der Waals surface area contributed by atoms with Gasteiger partial charge in [-0.15, -0.1) is 11.3 Å². The monoisotopic (exact) mass is 413 g/mol. The number of rotatable bonds is 7. The van der Waals surface area contributed by atoms with Gasteiger partial charge in [0.05, 0.1) is 24.0 Å². The topological polar surface area (TPSA) is 72.8 Å². The summed E-state index contributed by atoms with van der Waals surface area (Å²) in [6, 6.07) is 11.6. The Morgan fingerprint density at radius 1 is 1.24 bits per heavy atom. The molecule has 1 heterocycles. The summed E-state index contributed by atoms with van der Waals surface area (Å²) in [6.07, 6.45) is 1.50. The van der Waals surface area contributed by atoms with E-state index in [2.05, 4.69) is 15.5 Å². The third-order valence-electron chi connectivity index (χ3n) is 4.02. The summed E-state index contributed by atoms with van der Waals surface area (Å²) in [5.74, 6) is 0.330. The molecule has 0 fully saturated rings. The number of nitrogens with zero attached hydrogens (tertiary/aromatic N) is 2. The van der Waals surface area contributed by atoms with E-state index in [1.807, 2.05) is 6.92 Å². The van der Waals surface area contributed by atoms with Gasteiger partial charge in [0, 0.05) is 5.56 Å². The highest BCUT2D eigenvalue weighted by atomic mass is 32.1. The van der Waals surface area contributed by atoms with Crippen molar-refractivity contribution in [3.63, 3.8) is 0 Å². The number of methoxy groups -OCH3 is 1. The predicted molar refractivity (Wildman–Crippen MR) is 110 cm³/mol. The van der Waals surface area contributed by atoms with Gasteiger partial charge in [0.15, 0.2) is 11.5 Å². The number of nitrogens with one attached hydrogen (secondary N) is 1. The Balaban J connectivity index is 1.65. The SMILES string of the molecule is COc1cc(/C=N/NC(=O)c2sc(C)nc2C)ccc1OCc1ccccc1F. The first kappa shape index (κ1) is 20.5. The minimum Gasteiger partial charge on any atom is -0.493 e. The molecular formula is C21H20FN3O3S. The zero-order valence-corrected chi connectivity index (χ0v) is 17.0. The van der Waals surface area contributed by atoms with Crippen molar-refractivity contribution in [1.29, 1.82) is 0 Å².